The molecular weight excluding hydrogens is 516 g/mol. The van der Waals surface area contributed by atoms with Gasteiger partial charge in [-0.2, -0.15) is 0 Å². The molecule has 0 heteroatoms. The Labute approximate surface area is 267 Å². The minimum atomic E-state index is 1.36. The molecule has 0 nitrogen and oxygen atoms in total. The Kier molecular flexibility index (Phi) is 14.2. The van der Waals surface area contributed by atoms with Gasteiger partial charge in [0.2, 0.25) is 0 Å². The zero-order chi connectivity index (χ0) is 33.5. The average molecular weight is 579 g/mol. The quantitative estimate of drug-likeness (QED) is 0.195. The molecule has 4 aromatic carbocycles. The highest BCUT2D eigenvalue weighted by atomic mass is 14.1. The van der Waals surface area contributed by atoms with E-state index in [1.165, 1.54) is 106 Å². The molecule has 0 saturated heterocycles. The van der Waals surface area contributed by atoms with Crippen molar-refractivity contribution >= 4 is 0 Å². The molecule has 43 heavy (non-hydrogen) atoms. The summed E-state index contributed by atoms with van der Waals surface area (Å²) in [7, 11) is 0. The second-order valence-electron chi connectivity index (χ2n) is 13.1. The predicted octanol–water partition coefficient (Wildman–Crippen LogP) is 12.6. The molecule has 234 valence electrons. The highest BCUT2D eigenvalue weighted by Gasteiger charge is 2.08. The van der Waals surface area contributed by atoms with E-state index < -0.39 is 0 Å². The SMILES string of the molecule is Cc1c(C)c(C)c(C)c(C)c1C.Cc1cc(C)c(C)c(C)c1.Cc1cc(C)c(C)c(C)c1C.Cc1ccc(C)c(C)c1C. The summed E-state index contributed by atoms with van der Waals surface area (Å²) in [5.74, 6) is 0. The lowest BCUT2D eigenvalue weighted by Crippen LogP contribution is -1.98. The Hall–Kier alpha value is -3.12. The van der Waals surface area contributed by atoms with Crippen LogP contribution in [-0.2, 0) is 0 Å². The first kappa shape index (κ1) is 37.9. The summed E-state index contributed by atoms with van der Waals surface area (Å²) in [5.41, 5.74) is 27.1. The van der Waals surface area contributed by atoms with Crippen LogP contribution in [0.5, 0.6) is 0 Å². The highest BCUT2D eigenvalue weighted by molar-refractivity contribution is 5.48. The normalized spacial score (nSPS) is 10.2. The van der Waals surface area contributed by atoms with E-state index in [1.807, 2.05) is 0 Å². The van der Waals surface area contributed by atoms with Crippen molar-refractivity contribution in [1.82, 2.24) is 0 Å². The fraction of sp³-hybridized carbons (Fsp3) is 0.442. The van der Waals surface area contributed by atoms with Crippen LogP contribution in [0.3, 0.4) is 0 Å². The van der Waals surface area contributed by atoms with Gasteiger partial charge in [0.05, 0.1) is 0 Å². The molecule has 4 aromatic rings. The number of hydrogen-bond donors (Lipinski definition) is 0. The second kappa shape index (κ2) is 16.1. The summed E-state index contributed by atoms with van der Waals surface area (Å²) in [6.45, 7) is 41.5. The standard InChI is InChI=1S/C12H18.C11H16.2C10H14/c1-7-8(2)10(4)12(6)11(5)9(7)3;1-7-6-8(2)10(4)11(5)9(7)3;1-7-5-8(2)10(4)9(3)6-7;1-7-5-6-8(2)10(4)9(7)3/h1-6H3;6H,1-5H3;2*5-6H,1-4H3. The van der Waals surface area contributed by atoms with Gasteiger partial charge in [0, 0.05) is 0 Å². The lowest BCUT2D eigenvalue weighted by atomic mass is 9.90. The molecule has 0 bridgehead atoms. The smallest absolute Gasteiger partial charge is 0.0392 e. The van der Waals surface area contributed by atoms with Gasteiger partial charge in [-0.15, -0.1) is 0 Å². The van der Waals surface area contributed by atoms with Gasteiger partial charge in [0.15, 0.2) is 0 Å². The van der Waals surface area contributed by atoms with E-state index in [9.17, 15) is 0 Å². The van der Waals surface area contributed by atoms with Gasteiger partial charge >= 0.3 is 0 Å². The molecule has 0 unspecified atom stereocenters. The Morgan fingerprint density at radius 1 is 0.209 bits per heavy atom. The number of rotatable bonds is 0. The molecule has 0 aliphatic rings. The topological polar surface area (TPSA) is 0 Å². The van der Waals surface area contributed by atoms with E-state index in [1.54, 1.807) is 0 Å². The van der Waals surface area contributed by atoms with Crippen molar-refractivity contribution in [2.45, 2.75) is 132 Å². The molecule has 0 N–H and O–H groups in total. The summed E-state index contributed by atoms with van der Waals surface area (Å²) < 4.78 is 0. The summed E-state index contributed by atoms with van der Waals surface area (Å²) in [5, 5.41) is 0. The van der Waals surface area contributed by atoms with Crippen LogP contribution < -0.4 is 0 Å². The van der Waals surface area contributed by atoms with Gasteiger partial charge in [-0.25, -0.2) is 0 Å². The molecule has 0 amide bonds. The maximum absolute atomic E-state index is 2.26. The van der Waals surface area contributed by atoms with Crippen molar-refractivity contribution in [3.8, 4) is 0 Å². The largest absolute Gasteiger partial charge is 0.0588 e. The van der Waals surface area contributed by atoms with E-state index in [4.69, 9.17) is 0 Å². The Bertz CT molecular complexity index is 1390. The summed E-state index contributed by atoms with van der Waals surface area (Å²) in [6, 6.07) is 11.1. The van der Waals surface area contributed by atoms with Crippen LogP contribution >= 0.6 is 0 Å². The second-order valence-corrected chi connectivity index (χ2v) is 13.1. The monoisotopic (exact) mass is 578 g/mol. The maximum atomic E-state index is 2.26. The molecule has 0 aromatic heterocycles. The van der Waals surface area contributed by atoms with Gasteiger partial charge in [-0.05, 0) is 232 Å². The molecule has 0 fully saturated rings. The van der Waals surface area contributed by atoms with Gasteiger partial charge in [-0.1, -0.05) is 35.9 Å². The summed E-state index contributed by atoms with van der Waals surface area (Å²) in [6.07, 6.45) is 0. The number of hydrogen-bond acceptors (Lipinski definition) is 0. The van der Waals surface area contributed by atoms with Gasteiger partial charge in [-0.3, -0.25) is 0 Å². The van der Waals surface area contributed by atoms with E-state index >= 15 is 0 Å². The van der Waals surface area contributed by atoms with Crippen molar-refractivity contribution in [3.05, 3.63) is 136 Å². The molecule has 0 aliphatic heterocycles. The van der Waals surface area contributed by atoms with E-state index in [0.29, 0.717) is 0 Å². The van der Waals surface area contributed by atoms with Crippen LogP contribution in [0.4, 0.5) is 0 Å². The van der Waals surface area contributed by atoms with Crippen LogP contribution in [0.25, 0.3) is 0 Å². The van der Waals surface area contributed by atoms with Crippen molar-refractivity contribution in [2.24, 2.45) is 0 Å². The molecule has 0 heterocycles. The third-order valence-electron chi connectivity index (χ3n) is 10.5. The Morgan fingerprint density at radius 3 is 0.698 bits per heavy atom. The van der Waals surface area contributed by atoms with Gasteiger partial charge in [0.25, 0.3) is 0 Å². The first-order valence-electron chi connectivity index (χ1n) is 15.9. The first-order valence-corrected chi connectivity index (χ1v) is 15.9. The summed E-state index contributed by atoms with van der Waals surface area (Å²) >= 11 is 0. The third kappa shape index (κ3) is 9.69. The van der Waals surface area contributed by atoms with Crippen LogP contribution in [0, 0.1) is 132 Å². The molecule has 0 atom stereocenters. The molecule has 4 rings (SSSR count). The molecule has 0 aliphatic carbocycles. The highest BCUT2D eigenvalue weighted by Crippen LogP contribution is 2.25. The van der Waals surface area contributed by atoms with Crippen molar-refractivity contribution in [1.29, 1.82) is 0 Å². The summed E-state index contributed by atoms with van der Waals surface area (Å²) in [4.78, 5) is 0. The van der Waals surface area contributed by atoms with E-state index in [2.05, 4.69) is 162 Å². The Morgan fingerprint density at radius 2 is 0.419 bits per heavy atom. The molecule has 0 radical (unpaired) electrons. The van der Waals surface area contributed by atoms with Crippen LogP contribution in [-0.4, -0.2) is 0 Å². The van der Waals surface area contributed by atoms with Crippen molar-refractivity contribution in [3.63, 3.8) is 0 Å². The van der Waals surface area contributed by atoms with Crippen molar-refractivity contribution < 1.29 is 0 Å². The fourth-order valence-corrected chi connectivity index (χ4v) is 5.45. The number of aryl methyl sites for hydroxylation is 7. The average Bonchev–Trinajstić information content (AvgIpc) is 2.96. The first-order chi connectivity index (χ1) is 19.7. The lowest BCUT2D eigenvalue weighted by molar-refractivity contribution is 1.13. The van der Waals surface area contributed by atoms with E-state index in [0.717, 1.165) is 0 Å². The Balaban J connectivity index is 0.000000287. The minimum absolute atomic E-state index is 1.36. The molecule has 0 saturated carbocycles. The molecule has 0 spiro atoms. The fourth-order valence-electron chi connectivity index (χ4n) is 5.45. The maximum Gasteiger partial charge on any atom is -0.0392 e. The van der Waals surface area contributed by atoms with Crippen molar-refractivity contribution in [2.75, 3.05) is 0 Å². The van der Waals surface area contributed by atoms with Gasteiger partial charge in [0.1, 0.15) is 0 Å². The van der Waals surface area contributed by atoms with Crippen LogP contribution in [0.1, 0.15) is 106 Å². The van der Waals surface area contributed by atoms with Crippen LogP contribution in [0.2, 0.25) is 0 Å². The van der Waals surface area contributed by atoms with Gasteiger partial charge < -0.3 is 0 Å². The lowest BCUT2D eigenvalue weighted by Gasteiger charge is -2.15. The molecular formula is C43H62. The van der Waals surface area contributed by atoms with Crippen LogP contribution in [0.15, 0.2) is 30.3 Å². The predicted molar refractivity (Wildman–Crippen MR) is 196 cm³/mol. The minimum Gasteiger partial charge on any atom is -0.0588 e. The third-order valence-corrected chi connectivity index (χ3v) is 10.5. The zero-order valence-electron chi connectivity index (χ0n) is 31.4. The van der Waals surface area contributed by atoms with E-state index in [-0.39, 0.29) is 0 Å². The zero-order valence-corrected chi connectivity index (χ0v) is 31.4. The number of benzene rings is 4.